The molecule has 0 bridgehead atoms. The van der Waals surface area contributed by atoms with E-state index in [1.807, 2.05) is 0 Å². The van der Waals surface area contributed by atoms with Gasteiger partial charge >= 0.3 is 0 Å². The first kappa shape index (κ1) is 15.3. The number of oxazole rings is 1. The van der Waals surface area contributed by atoms with Crippen LogP contribution in [0.1, 0.15) is 49.6 Å². The molecule has 1 N–H and O–H groups in total. The molecule has 4 heteroatoms. The largest absolute Gasteiger partial charge is 0.447 e. The molecule has 1 unspecified atom stereocenters. The lowest BCUT2D eigenvalue weighted by molar-refractivity contribution is 0.0420. The van der Waals surface area contributed by atoms with E-state index in [4.69, 9.17) is 9.15 Å². The van der Waals surface area contributed by atoms with Gasteiger partial charge in [-0.05, 0) is 17.5 Å². The van der Waals surface area contributed by atoms with Gasteiger partial charge in [0.05, 0.1) is 24.9 Å². The maximum Gasteiger partial charge on any atom is 0.208 e. The minimum atomic E-state index is 0.0210. The molecule has 1 atom stereocenters. The van der Waals surface area contributed by atoms with Crippen LogP contribution in [-0.2, 0) is 23.1 Å². The van der Waals surface area contributed by atoms with Crippen molar-refractivity contribution in [2.75, 3.05) is 13.2 Å². The number of aromatic nitrogens is 1. The second-order valence-corrected chi connectivity index (χ2v) is 6.82. The van der Waals surface area contributed by atoms with Crippen LogP contribution in [-0.4, -0.2) is 18.1 Å². The van der Waals surface area contributed by atoms with Crippen LogP contribution in [0.5, 0.6) is 0 Å². The standard InChI is InChI=1S/C18H24N2O2/c1-18(2,3)16-12-22-17(20-16)11-19-10-15-14-7-5-4-6-13(14)8-9-21-15/h4-7,12,15,19H,8-11H2,1-3H3. The van der Waals surface area contributed by atoms with E-state index in [-0.39, 0.29) is 11.5 Å². The Labute approximate surface area is 131 Å². The molecule has 0 amide bonds. The van der Waals surface area contributed by atoms with Crippen LogP contribution in [0.25, 0.3) is 0 Å². The molecule has 0 saturated heterocycles. The zero-order valence-corrected chi connectivity index (χ0v) is 13.6. The third kappa shape index (κ3) is 3.39. The van der Waals surface area contributed by atoms with E-state index in [0.717, 1.165) is 31.2 Å². The SMILES string of the molecule is CC(C)(C)c1coc(CNCC2OCCc3ccccc32)n1. The average Bonchev–Trinajstić information content (AvgIpc) is 2.97. The molecule has 2 aromatic rings. The highest BCUT2D eigenvalue weighted by Crippen LogP contribution is 2.26. The van der Waals surface area contributed by atoms with Crippen LogP contribution in [0.3, 0.4) is 0 Å². The fourth-order valence-electron chi connectivity index (χ4n) is 2.69. The molecule has 0 fully saturated rings. The first-order chi connectivity index (χ1) is 10.5. The molecule has 4 nitrogen and oxygen atoms in total. The fraction of sp³-hybridized carbons (Fsp3) is 0.500. The first-order valence-corrected chi connectivity index (χ1v) is 7.89. The minimum absolute atomic E-state index is 0.0210. The van der Waals surface area contributed by atoms with Crippen molar-refractivity contribution in [1.82, 2.24) is 10.3 Å². The van der Waals surface area contributed by atoms with Gasteiger partial charge < -0.3 is 14.5 Å². The third-order valence-corrected chi connectivity index (χ3v) is 4.02. The summed E-state index contributed by atoms with van der Waals surface area (Å²) in [6, 6.07) is 8.51. The molecule has 118 valence electrons. The maximum absolute atomic E-state index is 5.89. The summed E-state index contributed by atoms with van der Waals surface area (Å²) in [5.41, 5.74) is 3.70. The second-order valence-electron chi connectivity index (χ2n) is 6.82. The monoisotopic (exact) mass is 300 g/mol. The van der Waals surface area contributed by atoms with E-state index in [2.05, 4.69) is 55.3 Å². The highest BCUT2D eigenvalue weighted by atomic mass is 16.5. The number of ether oxygens (including phenoxy) is 1. The van der Waals surface area contributed by atoms with E-state index in [1.54, 1.807) is 6.26 Å². The van der Waals surface area contributed by atoms with E-state index < -0.39 is 0 Å². The second kappa shape index (κ2) is 6.23. The lowest BCUT2D eigenvalue weighted by Gasteiger charge is -2.26. The van der Waals surface area contributed by atoms with Crippen LogP contribution in [0.4, 0.5) is 0 Å². The lowest BCUT2D eigenvalue weighted by atomic mass is 9.93. The van der Waals surface area contributed by atoms with Gasteiger partial charge in [-0.3, -0.25) is 0 Å². The smallest absolute Gasteiger partial charge is 0.208 e. The highest BCUT2D eigenvalue weighted by Gasteiger charge is 2.21. The molecule has 1 aliphatic rings. The summed E-state index contributed by atoms with van der Waals surface area (Å²) in [5.74, 6) is 0.731. The average molecular weight is 300 g/mol. The Kier molecular flexibility index (Phi) is 4.32. The highest BCUT2D eigenvalue weighted by molar-refractivity contribution is 5.31. The topological polar surface area (TPSA) is 47.3 Å². The summed E-state index contributed by atoms with van der Waals surface area (Å²) in [7, 11) is 0. The van der Waals surface area contributed by atoms with Crippen LogP contribution in [0.15, 0.2) is 34.9 Å². The summed E-state index contributed by atoms with van der Waals surface area (Å²) in [5, 5.41) is 3.40. The van der Waals surface area contributed by atoms with Crippen molar-refractivity contribution in [3.63, 3.8) is 0 Å². The summed E-state index contributed by atoms with van der Waals surface area (Å²) in [4.78, 5) is 4.54. The van der Waals surface area contributed by atoms with Crippen molar-refractivity contribution < 1.29 is 9.15 Å². The first-order valence-electron chi connectivity index (χ1n) is 7.89. The number of rotatable bonds is 4. The number of hydrogen-bond donors (Lipinski definition) is 1. The van der Waals surface area contributed by atoms with Gasteiger partial charge in [0, 0.05) is 12.0 Å². The normalized spacial score (nSPS) is 18.2. The fourth-order valence-corrected chi connectivity index (χ4v) is 2.69. The molecule has 1 aromatic heterocycles. The molecule has 0 radical (unpaired) electrons. The molecule has 0 spiro atoms. The van der Waals surface area contributed by atoms with Gasteiger partial charge in [-0.25, -0.2) is 4.98 Å². The number of nitrogens with one attached hydrogen (secondary N) is 1. The van der Waals surface area contributed by atoms with Gasteiger partial charge in [0.25, 0.3) is 0 Å². The Morgan fingerprint density at radius 1 is 1.27 bits per heavy atom. The van der Waals surface area contributed by atoms with Gasteiger partial charge in [-0.2, -0.15) is 0 Å². The molecule has 3 rings (SSSR count). The van der Waals surface area contributed by atoms with Crippen molar-refractivity contribution >= 4 is 0 Å². The van der Waals surface area contributed by atoms with E-state index in [9.17, 15) is 0 Å². The Balaban J connectivity index is 1.57. The number of benzene rings is 1. The predicted octanol–water partition coefficient (Wildman–Crippen LogP) is 3.38. The molecule has 1 aliphatic heterocycles. The molecule has 1 aromatic carbocycles. The molecular weight excluding hydrogens is 276 g/mol. The van der Waals surface area contributed by atoms with E-state index >= 15 is 0 Å². The van der Waals surface area contributed by atoms with Gasteiger partial charge in [0.15, 0.2) is 0 Å². The number of nitrogens with zero attached hydrogens (tertiary/aromatic N) is 1. The van der Waals surface area contributed by atoms with Gasteiger partial charge in [0.1, 0.15) is 6.26 Å². The Morgan fingerprint density at radius 3 is 2.86 bits per heavy atom. The molecular formula is C18H24N2O2. The lowest BCUT2D eigenvalue weighted by Crippen LogP contribution is -2.27. The number of hydrogen-bond acceptors (Lipinski definition) is 4. The number of fused-ring (bicyclic) bond motifs is 1. The third-order valence-electron chi connectivity index (χ3n) is 4.02. The summed E-state index contributed by atoms with van der Waals surface area (Å²) < 4.78 is 11.4. The van der Waals surface area contributed by atoms with Crippen molar-refractivity contribution in [2.45, 2.75) is 45.3 Å². The molecule has 0 saturated carbocycles. The maximum atomic E-state index is 5.89. The quantitative estimate of drug-likeness (QED) is 0.940. The summed E-state index contributed by atoms with van der Waals surface area (Å²) in [6.45, 7) is 8.58. The van der Waals surface area contributed by atoms with Crippen molar-refractivity contribution in [2.24, 2.45) is 0 Å². The van der Waals surface area contributed by atoms with Gasteiger partial charge in [-0.15, -0.1) is 0 Å². The van der Waals surface area contributed by atoms with Crippen LogP contribution >= 0.6 is 0 Å². The molecule has 22 heavy (non-hydrogen) atoms. The summed E-state index contributed by atoms with van der Waals surface area (Å²) >= 11 is 0. The molecule has 0 aliphatic carbocycles. The van der Waals surface area contributed by atoms with Crippen LogP contribution in [0, 0.1) is 0 Å². The molecule has 2 heterocycles. The Morgan fingerprint density at radius 2 is 2.09 bits per heavy atom. The van der Waals surface area contributed by atoms with Gasteiger partial charge in [0.2, 0.25) is 5.89 Å². The minimum Gasteiger partial charge on any atom is -0.447 e. The van der Waals surface area contributed by atoms with Crippen molar-refractivity contribution in [1.29, 1.82) is 0 Å². The zero-order valence-electron chi connectivity index (χ0n) is 13.6. The van der Waals surface area contributed by atoms with E-state index in [0.29, 0.717) is 6.54 Å². The Bertz CT molecular complexity index is 628. The summed E-state index contributed by atoms with van der Waals surface area (Å²) in [6.07, 6.45) is 2.87. The van der Waals surface area contributed by atoms with Gasteiger partial charge in [-0.1, -0.05) is 45.0 Å². The van der Waals surface area contributed by atoms with E-state index in [1.165, 1.54) is 11.1 Å². The predicted molar refractivity (Wildman–Crippen MR) is 85.7 cm³/mol. The van der Waals surface area contributed by atoms with Crippen molar-refractivity contribution in [3.8, 4) is 0 Å². The van der Waals surface area contributed by atoms with Crippen LogP contribution in [0.2, 0.25) is 0 Å². The zero-order chi connectivity index (χ0) is 15.6. The Hall–Kier alpha value is -1.65. The van der Waals surface area contributed by atoms with Crippen LogP contribution < -0.4 is 5.32 Å². The van der Waals surface area contributed by atoms with Crippen molar-refractivity contribution in [3.05, 3.63) is 53.2 Å².